The molecule has 9 heteroatoms. The first-order valence-electron chi connectivity index (χ1n) is 5.59. The summed E-state index contributed by atoms with van der Waals surface area (Å²) < 4.78 is 26.9. The van der Waals surface area contributed by atoms with Gasteiger partial charge in [-0.25, -0.2) is 4.72 Å². The van der Waals surface area contributed by atoms with Crippen molar-refractivity contribution >= 4 is 22.1 Å². The summed E-state index contributed by atoms with van der Waals surface area (Å²) in [7, 11) is -3.73. The van der Waals surface area contributed by atoms with E-state index in [1.807, 2.05) is 0 Å². The van der Waals surface area contributed by atoms with Crippen molar-refractivity contribution in [3.8, 4) is 0 Å². The van der Waals surface area contributed by atoms with Crippen molar-refractivity contribution < 1.29 is 23.1 Å². The second kappa shape index (κ2) is 6.12. The Kier molecular flexibility index (Phi) is 5.05. The molecule has 0 aromatic heterocycles. The summed E-state index contributed by atoms with van der Waals surface area (Å²) in [6.07, 6.45) is 0.895. The molecule has 1 aliphatic rings. The smallest absolute Gasteiger partial charge is 0.307 e. The number of carbonyl (C=O) groups excluding carboxylic acids is 1. The molecular formula is C9H17N3O5S. The van der Waals surface area contributed by atoms with Crippen LogP contribution in [0.2, 0.25) is 0 Å². The molecule has 1 aliphatic heterocycles. The van der Waals surface area contributed by atoms with Gasteiger partial charge in [0.1, 0.15) is 0 Å². The zero-order valence-corrected chi connectivity index (χ0v) is 10.6. The van der Waals surface area contributed by atoms with Crippen molar-refractivity contribution in [1.82, 2.24) is 9.03 Å². The van der Waals surface area contributed by atoms with E-state index in [1.165, 1.54) is 0 Å². The minimum absolute atomic E-state index is 0.0404. The normalized spacial score (nSPS) is 21.7. The van der Waals surface area contributed by atoms with E-state index in [0.717, 1.165) is 4.31 Å². The van der Waals surface area contributed by atoms with Gasteiger partial charge in [-0.3, -0.25) is 9.59 Å². The zero-order chi connectivity index (χ0) is 13.8. The lowest BCUT2D eigenvalue weighted by molar-refractivity contribution is -0.142. The van der Waals surface area contributed by atoms with E-state index in [1.54, 1.807) is 0 Å². The lowest BCUT2D eigenvalue weighted by Gasteiger charge is -2.29. The van der Waals surface area contributed by atoms with Crippen LogP contribution in [0.4, 0.5) is 0 Å². The van der Waals surface area contributed by atoms with E-state index in [0.29, 0.717) is 12.8 Å². The van der Waals surface area contributed by atoms with E-state index >= 15 is 0 Å². The number of aliphatic carboxylic acids is 1. The number of amides is 1. The maximum absolute atomic E-state index is 11.8. The van der Waals surface area contributed by atoms with E-state index in [-0.39, 0.29) is 26.1 Å². The average Bonchev–Trinajstić information content (AvgIpc) is 2.28. The summed E-state index contributed by atoms with van der Waals surface area (Å²) in [6.45, 7) is 0.169. The molecule has 1 unspecified atom stereocenters. The van der Waals surface area contributed by atoms with Crippen LogP contribution in [0.25, 0.3) is 0 Å². The van der Waals surface area contributed by atoms with E-state index in [2.05, 4.69) is 4.72 Å². The first-order valence-corrected chi connectivity index (χ1v) is 7.03. The number of primary amides is 1. The Hall–Kier alpha value is -1.19. The Balaban J connectivity index is 2.56. The van der Waals surface area contributed by atoms with Crippen molar-refractivity contribution in [3.63, 3.8) is 0 Å². The van der Waals surface area contributed by atoms with Gasteiger partial charge in [0, 0.05) is 26.1 Å². The quantitative estimate of drug-likeness (QED) is 0.544. The van der Waals surface area contributed by atoms with Gasteiger partial charge in [-0.1, -0.05) is 0 Å². The molecule has 1 rings (SSSR count). The fourth-order valence-electron chi connectivity index (χ4n) is 1.76. The third-order valence-corrected chi connectivity index (χ3v) is 4.31. The van der Waals surface area contributed by atoms with Gasteiger partial charge in [0.25, 0.3) is 10.2 Å². The lowest BCUT2D eigenvalue weighted by atomic mass is 10.0. The summed E-state index contributed by atoms with van der Waals surface area (Å²) >= 11 is 0. The molecule has 104 valence electrons. The van der Waals surface area contributed by atoms with Crippen LogP contribution in [0, 0.1) is 5.92 Å². The average molecular weight is 279 g/mol. The van der Waals surface area contributed by atoms with E-state index in [9.17, 15) is 18.0 Å². The SMILES string of the molecule is NC(=O)CCNS(=O)(=O)N1CCCC(C(=O)O)C1. The van der Waals surface area contributed by atoms with E-state index < -0.39 is 28.0 Å². The van der Waals surface area contributed by atoms with Gasteiger partial charge in [0.15, 0.2) is 0 Å². The van der Waals surface area contributed by atoms with Crippen molar-refractivity contribution in [2.24, 2.45) is 11.7 Å². The second-order valence-corrected chi connectivity index (χ2v) is 5.91. The molecule has 0 aromatic rings. The third-order valence-electron chi connectivity index (χ3n) is 2.73. The molecule has 18 heavy (non-hydrogen) atoms. The fourth-order valence-corrected chi connectivity index (χ4v) is 3.05. The van der Waals surface area contributed by atoms with Crippen LogP contribution in [0.1, 0.15) is 19.3 Å². The highest BCUT2D eigenvalue weighted by Crippen LogP contribution is 2.18. The predicted octanol–water partition coefficient (Wildman–Crippen LogP) is -1.51. The Morgan fingerprint density at radius 1 is 1.44 bits per heavy atom. The fraction of sp³-hybridized carbons (Fsp3) is 0.778. The minimum atomic E-state index is -3.73. The number of hydrogen-bond donors (Lipinski definition) is 3. The Labute approximate surface area is 105 Å². The topological polar surface area (TPSA) is 130 Å². The molecule has 0 bridgehead atoms. The first-order chi connectivity index (χ1) is 8.33. The molecule has 8 nitrogen and oxygen atoms in total. The molecular weight excluding hydrogens is 262 g/mol. The number of piperidine rings is 1. The van der Waals surface area contributed by atoms with Crippen LogP contribution in [0.5, 0.6) is 0 Å². The van der Waals surface area contributed by atoms with Gasteiger partial charge in [0.05, 0.1) is 5.92 Å². The van der Waals surface area contributed by atoms with Crippen molar-refractivity contribution in [1.29, 1.82) is 0 Å². The van der Waals surface area contributed by atoms with Crippen LogP contribution in [-0.2, 0) is 19.8 Å². The number of carbonyl (C=O) groups is 2. The number of carboxylic acid groups (broad SMARTS) is 1. The van der Waals surface area contributed by atoms with Gasteiger partial charge in [-0.05, 0) is 12.8 Å². The van der Waals surface area contributed by atoms with Crippen LogP contribution >= 0.6 is 0 Å². The van der Waals surface area contributed by atoms with Gasteiger partial charge >= 0.3 is 5.97 Å². The first kappa shape index (κ1) is 14.9. The van der Waals surface area contributed by atoms with E-state index in [4.69, 9.17) is 10.8 Å². The molecule has 0 saturated carbocycles. The number of nitrogens with one attached hydrogen (secondary N) is 1. The standard InChI is InChI=1S/C9H17N3O5S/c10-8(13)3-4-11-18(16,17)12-5-1-2-7(6-12)9(14)15/h7,11H,1-6H2,(H2,10,13)(H,14,15). The number of carboxylic acids is 1. The van der Waals surface area contributed by atoms with Crippen molar-refractivity contribution in [2.75, 3.05) is 19.6 Å². The number of nitrogens with two attached hydrogens (primary N) is 1. The number of nitrogens with zero attached hydrogens (tertiary/aromatic N) is 1. The monoisotopic (exact) mass is 279 g/mol. The van der Waals surface area contributed by atoms with Crippen molar-refractivity contribution in [3.05, 3.63) is 0 Å². The molecule has 1 fully saturated rings. The summed E-state index contributed by atoms with van der Waals surface area (Å²) in [4.78, 5) is 21.3. The molecule has 4 N–H and O–H groups in total. The van der Waals surface area contributed by atoms with Crippen LogP contribution < -0.4 is 10.5 Å². The molecule has 0 radical (unpaired) electrons. The number of hydrogen-bond acceptors (Lipinski definition) is 4. The molecule has 0 spiro atoms. The summed E-state index contributed by atoms with van der Waals surface area (Å²) in [5.41, 5.74) is 4.90. The van der Waals surface area contributed by atoms with Crippen molar-refractivity contribution in [2.45, 2.75) is 19.3 Å². The van der Waals surface area contributed by atoms with Gasteiger partial charge < -0.3 is 10.8 Å². The third kappa shape index (κ3) is 4.24. The summed E-state index contributed by atoms with van der Waals surface area (Å²) in [6, 6.07) is 0. The summed E-state index contributed by atoms with van der Waals surface area (Å²) in [5.74, 6) is -2.27. The lowest BCUT2D eigenvalue weighted by Crippen LogP contribution is -2.47. The maximum Gasteiger partial charge on any atom is 0.307 e. The highest BCUT2D eigenvalue weighted by molar-refractivity contribution is 7.87. The molecule has 0 aromatic carbocycles. The zero-order valence-electron chi connectivity index (χ0n) is 9.83. The molecule has 1 atom stereocenters. The largest absolute Gasteiger partial charge is 0.481 e. The van der Waals surface area contributed by atoms with Gasteiger partial charge in [0.2, 0.25) is 5.91 Å². The predicted molar refractivity (Wildman–Crippen MR) is 62.7 cm³/mol. The molecule has 1 amide bonds. The van der Waals surface area contributed by atoms with Gasteiger partial charge in [-0.15, -0.1) is 0 Å². The van der Waals surface area contributed by atoms with Crippen LogP contribution in [0.15, 0.2) is 0 Å². The van der Waals surface area contributed by atoms with Gasteiger partial charge in [-0.2, -0.15) is 12.7 Å². The summed E-state index contributed by atoms with van der Waals surface area (Å²) in [5, 5.41) is 8.87. The highest BCUT2D eigenvalue weighted by atomic mass is 32.2. The second-order valence-electron chi connectivity index (χ2n) is 4.15. The number of rotatable bonds is 6. The molecule has 0 aliphatic carbocycles. The Bertz CT molecular complexity index is 422. The van der Waals surface area contributed by atoms with Crippen LogP contribution in [-0.4, -0.2) is 49.3 Å². The molecule has 1 saturated heterocycles. The Morgan fingerprint density at radius 3 is 2.67 bits per heavy atom. The molecule has 1 heterocycles. The minimum Gasteiger partial charge on any atom is -0.481 e. The maximum atomic E-state index is 11.8. The van der Waals surface area contributed by atoms with Crippen LogP contribution in [0.3, 0.4) is 0 Å². The highest BCUT2D eigenvalue weighted by Gasteiger charge is 2.31. The Morgan fingerprint density at radius 2 is 2.11 bits per heavy atom.